The van der Waals surface area contributed by atoms with Gasteiger partial charge >= 0.3 is 0 Å². The van der Waals surface area contributed by atoms with Gasteiger partial charge in [0.1, 0.15) is 0 Å². The molecular formula is C5H10BrClO2. The lowest BCUT2D eigenvalue weighted by atomic mass is 10.9. The molecule has 0 fully saturated rings. The van der Waals surface area contributed by atoms with E-state index in [1.807, 2.05) is 0 Å². The van der Waals surface area contributed by atoms with Gasteiger partial charge in [-0.25, -0.2) is 0 Å². The van der Waals surface area contributed by atoms with Crippen molar-refractivity contribution in [2.75, 3.05) is 0 Å². The summed E-state index contributed by atoms with van der Waals surface area (Å²) in [5.41, 5.74) is 0. The molecule has 0 saturated carbocycles. The fourth-order valence-corrected chi connectivity index (χ4v) is 0. The van der Waals surface area contributed by atoms with Crippen molar-refractivity contribution in [1.29, 1.82) is 0 Å². The van der Waals surface area contributed by atoms with E-state index in [-0.39, 0.29) is 17.4 Å². The summed E-state index contributed by atoms with van der Waals surface area (Å²) in [7, 11) is 0. The number of hydrogen-bond donors (Lipinski definition) is 0. The Labute approximate surface area is 68.7 Å². The van der Waals surface area contributed by atoms with E-state index in [4.69, 9.17) is 0 Å². The molecule has 0 aliphatic rings. The number of hydrogen-bond acceptors (Lipinski definition) is 2. The molecule has 0 unspecified atom stereocenters. The highest BCUT2D eigenvalue weighted by Crippen LogP contribution is 1.74. The van der Waals surface area contributed by atoms with Crippen molar-refractivity contribution < 1.29 is 9.59 Å². The first-order chi connectivity index (χ1) is 3.46. The molecule has 56 valence electrons. The van der Waals surface area contributed by atoms with Crippen molar-refractivity contribution in [3.8, 4) is 0 Å². The minimum absolute atomic E-state index is 0. The molecule has 0 aromatic rings. The third-order valence-electron chi connectivity index (χ3n) is 0. The quantitative estimate of drug-likeness (QED) is 0.584. The van der Waals surface area contributed by atoms with Crippen LogP contribution in [0, 0.1) is 0 Å². The maximum Gasteiger partial charge on any atom is 0.218 e. The Morgan fingerprint density at radius 2 is 1.33 bits per heavy atom. The zero-order chi connectivity index (χ0) is 7.15. The van der Waals surface area contributed by atoms with E-state index in [1.54, 1.807) is 0 Å². The number of carbonyl (C=O) groups is 2. The largest absolute Gasteiger partial charge is 0.287 e. The fraction of sp³-hybridized carbons (Fsp3) is 0.600. The second-order valence-electron chi connectivity index (χ2n) is 0.941. The van der Waals surface area contributed by atoms with Crippen LogP contribution >= 0.6 is 27.5 Å². The first-order valence-electron chi connectivity index (χ1n) is 1.79. The van der Waals surface area contributed by atoms with Gasteiger partial charge in [0.2, 0.25) is 5.24 Å². The van der Waals surface area contributed by atoms with E-state index in [9.17, 15) is 9.59 Å². The highest BCUT2D eigenvalue weighted by Gasteiger charge is 1.67. The molecule has 0 amide bonds. The van der Waals surface area contributed by atoms with Gasteiger partial charge in [0.05, 0.1) is 0 Å². The summed E-state index contributed by atoms with van der Waals surface area (Å²) < 4.78 is -0.0208. The Hall–Kier alpha value is 0.110. The normalized spacial score (nSPS) is 5.78. The molecule has 0 saturated heterocycles. The predicted molar refractivity (Wildman–Crippen MR) is 42.9 cm³/mol. The third kappa shape index (κ3) is 25000. The summed E-state index contributed by atoms with van der Waals surface area (Å²) in [4.78, 5) is 18.6. The number of rotatable bonds is 0. The molecule has 0 spiro atoms. The third-order valence-corrected chi connectivity index (χ3v) is 0. The van der Waals surface area contributed by atoms with Crippen LogP contribution in [0.15, 0.2) is 0 Å². The maximum absolute atomic E-state index is 9.36. The standard InChI is InChI=1S/C2H3BrO.C2H3ClO.CH4/c2*1-2(3)4;/h2*1H3;1H4. The van der Waals surface area contributed by atoms with E-state index in [0.717, 1.165) is 0 Å². The van der Waals surface area contributed by atoms with Crippen LogP contribution in [0.25, 0.3) is 0 Å². The minimum atomic E-state index is -0.361. The van der Waals surface area contributed by atoms with Crippen LogP contribution in [-0.2, 0) is 9.59 Å². The molecule has 0 rings (SSSR count). The molecule has 0 aromatic carbocycles. The van der Waals surface area contributed by atoms with Gasteiger partial charge in [0.25, 0.3) is 0 Å². The lowest BCUT2D eigenvalue weighted by Crippen LogP contribution is -1.62. The fourth-order valence-electron chi connectivity index (χ4n) is 0. The summed E-state index contributed by atoms with van der Waals surface area (Å²) in [6.07, 6.45) is 0. The van der Waals surface area contributed by atoms with E-state index in [2.05, 4.69) is 27.5 Å². The van der Waals surface area contributed by atoms with Crippen molar-refractivity contribution in [3.63, 3.8) is 0 Å². The molecular weight excluding hydrogens is 207 g/mol. The predicted octanol–water partition coefficient (Wildman–Crippen LogP) is 2.34. The lowest BCUT2D eigenvalue weighted by Gasteiger charge is -1.52. The van der Waals surface area contributed by atoms with Gasteiger partial charge in [0, 0.05) is 13.8 Å². The van der Waals surface area contributed by atoms with E-state index in [1.165, 1.54) is 13.8 Å². The number of halogens is 2. The Balaban J connectivity index is -0.0000000720. The molecule has 0 atom stereocenters. The van der Waals surface area contributed by atoms with Crippen LogP contribution < -0.4 is 0 Å². The SMILES string of the molecule is C.CC(=O)Br.CC(=O)Cl. The molecule has 0 radical (unpaired) electrons. The molecule has 2 nitrogen and oxygen atoms in total. The van der Waals surface area contributed by atoms with Crippen LogP contribution in [0.2, 0.25) is 0 Å². The monoisotopic (exact) mass is 216 g/mol. The van der Waals surface area contributed by atoms with Crippen LogP contribution in [-0.4, -0.2) is 9.93 Å². The van der Waals surface area contributed by atoms with E-state index < -0.39 is 0 Å². The van der Waals surface area contributed by atoms with Crippen LogP contribution in [0.3, 0.4) is 0 Å². The van der Waals surface area contributed by atoms with Crippen molar-refractivity contribution in [3.05, 3.63) is 0 Å². The Morgan fingerprint density at radius 3 is 1.33 bits per heavy atom. The Bertz CT molecular complexity index is 73.0. The van der Waals surface area contributed by atoms with Gasteiger partial charge in [-0.3, -0.25) is 9.59 Å². The van der Waals surface area contributed by atoms with Crippen molar-refractivity contribution in [1.82, 2.24) is 0 Å². The van der Waals surface area contributed by atoms with Gasteiger partial charge < -0.3 is 0 Å². The van der Waals surface area contributed by atoms with Crippen LogP contribution in [0.4, 0.5) is 0 Å². The molecule has 0 bridgehead atoms. The first kappa shape index (κ1) is 16.1. The van der Waals surface area contributed by atoms with Gasteiger partial charge in [-0.05, 0) is 27.5 Å². The second-order valence-corrected chi connectivity index (χ2v) is 2.59. The van der Waals surface area contributed by atoms with E-state index in [0.29, 0.717) is 0 Å². The van der Waals surface area contributed by atoms with Crippen molar-refractivity contribution in [2.45, 2.75) is 21.3 Å². The molecule has 9 heavy (non-hydrogen) atoms. The highest BCUT2D eigenvalue weighted by atomic mass is 79.9. The average Bonchev–Trinajstić information content (AvgIpc) is 1.25. The number of carbonyl (C=O) groups excluding carboxylic acids is 2. The smallest absolute Gasteiger partial charge is 0.218 e. The summed E-state index contributed by atoms with van der Waals surface area (Å²) in [6.45, 7) is 2.74. The summed E-state index contributed by atoms with van der Waals surface area (Å²) in [5.74, 6) is 0. The molecule has 4 heteroatoms. The average molecular weight is 217 g/mol. The second kappa shape index (κ2) is 11.0. The zero-order valence-electron chi connectivity index (χ0n) is 4.57. The van der Waals surface area contributed by atoms with Crippen LogP contribution in [0.5, 0.6) is 0 Å². The molecule has 0 aromatic heterocycles. The van der Waals surface area contributed by atoms with Crippen molar-refractivity contribution >= 4 is 37.5 Å². The Morgan fingerprint density at radius 1 is 1.33 bits per heavy atom. The summed E-state index contributed by atoms with van der Waals surface area (Å²) in [5, 5.41) is -0.361. The lowest BCUT2D eigenvalue weighted by molar-refractivity contribution is -0.110. The molecule has 0 N–H and O–H groups in total. The first-order valence-corrected chi connectivity index (χ1v) is 2.96. The zero-order valence-corrected chi connectivity index (χ0v) is 6.91. The summed E-state index contributed by atoms with van der Waals surface area (Å²) >= 11 is 7.27. The maximum atomic E-state index is 9.36. The van der Waals surface area contributed by atoms with Gasteiger partial charge in [-0.2, -0.15) is 0 Å². The van der Waals surface area contributed by atoms with Gasteiger partial charge in [0.15, 0.2) is 4.69 Å². The van der Waals surface area contributed by atoms with Crippen LogP contribution in [0.1, 0.15) is 21.3 Å². The Kier molecular flexibility index (Phi) is 19.6. The van der Waals surface area contributed by atoms with Crippen molar-refractivity contribution in [2.24, 2.45) is 0 Å². The van der Waals surface area contributed by atoms with E-state index >= 15 is 0 Å². The highest BCUT2D eigenvalue weighted by molar-refractivity contribution is 9.18. The molecule has 0 heterocycles. The topological polar surface area (TPSA) is 34.1 Å². The van der Waals surface area contributed by atoms with Gasteiger partial charge in [-0.15, -0.1) is 0 Å². The van der Waals surface area contributed by atoms with Gasteiger partial charge in [-0.1, -0.05) is 7.43 Å². The molecule has 0 aliphatic carbocycles. The summed E-state index contributed by atoms with van der Waals surface area (Å²) in [6, 6.07) is 0. The minimum Gasteiger partial charge on any atom is -0.287 e. The molecule has 0 aliphatic heterocycles.